The standard InChI is InChI=1S/C22H26FN5/c1-17-16-18(23)9-10-19(17)27-14-15-28(4,5)22(27,2)26-13-7-6-8-21(26)20-11-12-24-25(20)3/h6-16H,1-5H3/q+2/t22-/m0/s1. The molecule has 3 aromatic rings. The van der Waals surface area contributed by atoms with Crippen molar-refractivity contribution in [3.05, 3.63) is 78.6 Å². The molecule has 0 saturated carbocycles. The molecule has 0 fully saturated rings. The zero-order chi connectivity index (χ0) is 20.1. The highest BCUT2D eigenvalue weighted by molar-refractivity contribution is 5.57. The second-order valence-corrected chi connectivity index (χ2v) is 7.91. The van der Waals surface area contributed by atoms with Gasteiger partial charge in [-0.05, 0) is 42.8 Å². The van der Waals surface area contributed by atoms with Crippen LogP contribution in [-0.4, -0.2) is 28.4 Å². The molecule has 28 heavy (non-hydrogen) atoms. The monoisotopic (exact) mass is 379 g/mol. The van der Waals surface area contributed by atoms with Crippen LogP contribution < -0.4 is 9.47 Å². The summed E-state index contributed by atoms with van der Waals surface area (Å²) in [6.45, 7) is 4.15. The van der Waals surface area contributed by atoms with Gasteiger partial charge in [0.05, 0.1) is 32.9 Å². The zero-order valence-corrected chi connectivity index (χ0v) is 17.0. The van der Waals surface area contributed by atoms with Crippen LogP contribution in [0.5, 0.6) is 0 Å². The SMILES string of the molecule is Cc1cc(F)ccc1N1C=C[N+](C)(C)[C@@]1(C)[n+]1ccccc1-c1ccnn1C. The van der Waals surface area contributed by atoms with Crippen LogP contribution in [-0.2, 0) is 12.8 Å². The molecule has 2 aromatic heterocycles. The first kappa shape index (κ1) is 18.4. The van der Waals surface area contributed by atoms with Crippen molar-refractivity contribution in [2.45, 2.75) is 19.6 Å². The van der Waals surface area contributed by atoms with E-state index in [-0.39, 0.29) is 5.82 Å². The van der Waals surface area contributed by atoms with Crippen LogP contribution >= 0.6 is 0 Å². The first-order chi connectivity index (χ1) is 13.3. The second-order valence-electron chi connectivity index (χ2n) is 7.91. The molecule has 0 radical (unpaired) electrons. The van der Waals surface area contributed by atoms with Crippen LogP contribution in [0.15, 0.2) is 67.3 Å². The highest BCUT2D eigenvalue weighted by atomic mass is 19.1. The van der Waals surface area contributed by atoms with Gasteiger partial charge in [-0.1, -0.05) is 0 Å². The molecule has 4 rings (SSSR count). The zero-order valence-electron chi connectivity index (χ0n) is 17.0. The molecule has 1 aromatic carbocycles. The molecule has 0 N–H and O–H groups in total. The molecule has 1 atom stereocenters. The first-order valence-electron chi connectivity index (χ1n) is 9.34. The predicted octanol–water partition coefficient (Wildman–Crippen LogP) is 3.52. The predicted molar refractivity (Wildman–Crippen MR) is 107 cm³/mol. The van der Waals surface area contributed by atoms with E-state index in [0.717, 1.165) is 22.6 Å². The molecule has 1 aliphatic heterocycles. The molecule has 0 amide bonds. The van der Waals surface area contributed by atoms with Gasteiger partial charge < -0.3 is 0 Å². The molecule has 0 spiro atoms. The molecule has 6 heteroatoms. The Hall–Kier alpha value is -2.99. The van der Waals surface area contributed by atoms with Crippen molar-refractivity contribution in [2.24, 2.45) is 7.05 Å². The molecule has 144 valence electrons. The first-order valence-corrected chi connectivity index (χ1v) is 9.34. The summed E-state index contributed by atoms with van der Waals surface area (Å²) in [4.78, 5) is 2.22. The van der Waals surface area contributed by atoms with Crippen LogP contribution in [0.2, 0.25) is 0 Å². The molecule has 0 bridgehead atoms. The van der Waals surface area contributed by atoms with Gasteiger partial charge in [-0.15, -0.1) is 4.57 Å². The Morgan fingerprint density at radius 3 is 2.61 bits per heavy atom. The molecule has 1 aliphatic rings. The van der Waals surface area contributed by atoms with E-state index in [1.807, 2.05) is 49.1 Å². The van der Waals surface area contributed by atoms with E-state index in [4.69, 9.17) is 0 Å². The Balaban J connectivity index is 1.95. The summed E-state index contributed by atoms with van der Waals surface area (Å²) >= 11 is 0. The number of anilines is 1. The molecular weight excluding hydrogens is 353 g/mol. The van der Waals surface area contributed by atoms with Crippen LogP contribution in [0.4, 0.5) is 10.1 Å². The topological polar surface area (TPSA) is 24.9 Å². The van der Waals surface area contributed by atoms with E-state index in [9.17, 15) is 4.39 Å². The van der Waals surface area contributed by atoms with Crippen LogP contribution in [0.25, 0.3) is 11.4 Å². The lowest BCUT2D eigenvalue weighted by Gasteiger charge is -2.39. The summed E-state index contributed by atoms with van der Waals surface area (Å²) in [7, 11) is 6.29. The summed E-state index contributed by atoms with van der Waals surface area (Å²) in [5.74, 6) is -0.716. The average molecular weight is 379 g/mol. The van der Waals surface area contributed by atoms with Crippen molar-refractivity contribution in [2.75, 3.05) is 19.0 Å². The maximum atomic E-state index is 13.7. The van der Waals surface area contributed by atoms with Gasteiger partial charge in [-0.25, -0.2) is 13.8 Å². The quantitative estimate of drug-likeness (QED) is 0.514. The number of aryl methyl sites for hydroxylation is 2. The highest BCUT2D eigenvalue weighted by Crippen LogP contribution is 2.39. The Morgan fingerprint density at radius 1 is 1.14 bits per heavy atom. The number of pyridine rings is 1. The number of halogens is 1. The van der Waals surface area contributed by atoms with Crippen LogP contribution in [0.3, 0.4) is 0 Å². The van der Waals surface area contributed by atoms with Crippen molar-refractivity contribution < 1.29 is 13.4 Å². The van der Waals surface area contributed by atoms with Crippen molar-refractivity contribution in [1.82, 2.24) is 9.78 Å². The average Bonchev–Trinajstić information content (AvgIpc) is 3.17. The van der Waals surface area contributed by atoms with Crippen molar-refractivity contribution in [1.29, 1.82) is 0 Å². The number of quaternary nitrogens is 1. The number of aromatic nitrogens is 3. The molecular formula is C22H26FN5+2. The summed E-state index contributed by atoms with van der Waals surface area (Å²) in [5.41, 5.74) is 3.97. The minimum atomic E-state index is -0.497. The maximum absolute atomic E-state index is 13.7. The number of nitrogens with zero attached hydrogens (tertiary/aromatic N) is 5. The van der Waals surface area contributed by atoms with Crippen molar-refractivity contribution in [3.63, 3.8) is 0 Å². The maximum Gasteiger partial charge on any atom is 0.383 e. The van der Waals surface area contributed by atoms with Gasteiger partial charge in [-0.2, -0.15) is 5.10 Å². The minimum absolute atomic E-state index is 0.220. The van der Waals surface area contributed by atoms with E-state index in [2.05, 4.69) is 60.2 Å². The fraction of sp³-hybridized carbons (Fsp3) is 0.273. The van der Waals surface area contributed by atoms with E-state index >= 15 is 0 Å². The van der Waals surface area contributed by atoms with E-state index in [0.29, 0.717) is 4.48 Å². The summed E-state index contributed by atoms with van der Waals surface area (Å²) in [5, 5.41) is 4.35. The lowest BCUT2D eigenvalue weighted by atomic mass is 10.1. The van der Waals surface area contributed by atoms with E-state index in [1.54, 1.807) is 6.07 Å². The third kappa shape index (κ3) is 2.56. The molecule has 0 unspecified atom stereocenters. The lowest BCUT2D eigenvalue weighted by molar-refractivity contribution is -1.05. The van der Waals surface area contributed by atoms with E-state index < -0.39 is 5.79 Å². The van der Waals surface area contributed by atoms with Gasteiger partial charge in [0.1, 0.15) is 17.7 Å². The number of hydrogen-bond donors (Lipinski definition) is 0. The number of hydrogen-bond acceptors (Lipinski definition) is 2. The van der Waals surface area contributed by atoms with Crippen molar-refractivity contribution >= 4 is 5.69 Å². The Labute approximate surface area is 165 Å². The third-order valence-electron chi connectivity index (χ3n) is 5.95. The van der Waals surface area contributed by atoms with Gasteiger partial charge >= 0.3 is 5.79 Å². The van der Waals surface area contributed by atoms with Crippen molar-refractivity contribution in [3.8, 4) is 11.4 Å². The molecule has 0 aliphatic carbocycles. The largest absolute Gasteiger partial charge is 0.383 e. The second kappa shape index (κ2) is 6.27. The smallest absolute Gasteiger partial charge is 0.262 e. The molecule has 3 heterocycles. The Morgan fingerprint density at radius 2 is 1.93 bits per heavy atom. The van der Waals surface area contributed by atoms with Gasteiger partial charge in [0.2, 0.25) is 5.69 Å². The number of benzene rings is 1. The molecule has 5 nitrogen and oxygen atoms in total. The minimum Gasteiger partial charge on any atom is -0.262 e. The summed E-state index contributed by atoms with van der Waals surface area (Å²) in [6, 6.07) is 13.2. The van der Waals surface area contributed by atoms with Crippen LogP contribution in [0, 0.1) is 12.7 Å². The van der Waals surface area contributed by atoms with Crippen LogP contribution in [0.1, 0.15) is 12.5 Å². The van der Waals surface area contributed by atoms with Gasteiger partial charge in [0, 0.05) is 25.4 Å². The van der Waals surface area contributed by atoms with E-state index in [1.165, 1.54) is 6.07 Å². The fourth-order valence-electron chi connectivity index (χ4n) is 4.03. The molecule has 0 saturated heterocycles. The summed E-state index contributed by atoms with van der Waals surface area (Å²) < 4.78 is 18.5. The normalized spacial score (nSPS) is 20.7. The Bertz CT molecular complexity index is 1070. The third-order valence-corrected chi connectivity index (χ3v) is 5.95. The lowest BCUT2D eigenvalue weighted by Crippen LogP contribution is -2.74. The van der Waals surface area contributed by atoms with Gasteiger partial charge in [0.25, 0.3) is 0 Å². The van der Waals surface area contributed by atoms with Gasteiger partial charge in [-0.3, -0.25) is 4.68 Å². The van der Waals surface area contributed by atoms with Gasteiger partial charge in [0.15, 0.2) is 6.20 Å². The Kier molecular flexibility index (Phi) is 4.12. The summed E-state index contributed by atoms with van der Waals surface area (Å²) in [6.07, 6.45) is 8.16. The highest BCUT2D eigenvalue weighted by Gasteiger charge is 2.59. The fourth-order valence-corrected chi connectivity index (χ4v) is 4.03. The number of rotatable bonds is 3.